The van der Waals surface area contributed by atoms with Crippen LogP contribution in [0.3, 0.4) is 0 Å². The maximum absolute atomic E-state index is 12.6. The van der Waals surface area contributed by atoms with Gasteiger partial charge in [-0.25, -0.2) is 0 Å². The molecule has 0 radical (unpaired) electrons. The molecule has 0 heterocycles. The van der Waals surface area contributed by atoms with E-state index in [2.05, 4.69) is 12.2 Å². The zero-order valence-electron chi connectivity index (χ0n) is 12.7. The largest absolute Gasteiger partial charge is 0.416 e. The first kappa shape index (κ1) is 18.0. The van der Waals surface area contributed by atoms with E-state index in [9.17, 15) is 13.2 Å². The van der Waals surface area contributed by atoms with Gasteiger partial charge in [0.25, 0.3) is 0 Å². The van der Waals surface area contributed by atoms with Crippen LogP contribution in [0.4, 0.5) is 13.2 Å². The third kappa shape index (κ3) is 6.48. The molecule has 0 saturated carbocycles. The van der Waals surface area contributed by atoms with Crippen molar-refractivity contribution in [2.75, 3.05) is 19.8 Å². The van der Waals surface area contributed by atoms with Gasteiger partial charge in [-0.05, 0) is 50.4 Å². The van der Waals surface area contributed by atoms with E-state index in [1.165, 1.54) is 0 Å². The predicted octanol–water partition coefficient (Wildman–Crippen LogP) is 4.56. The smallest absolute Gasteiger partial charge is 0.382 e. The maximum atomic E-state index is 12.6. The minimum Gasteiger partial charge on any atom is -0.382 e. The van der Waals surface area contributed by atoms with Crippen LogP contribution >= 0.6 is 0 Å². The van der Waals surface area contributed by atoms with Gasteiger partial charge >= 0.3 is 6.18 Å². The highest BCUT2D eigenvalue weighted by Gasteiger charge is 2.30. The van der Waals surface area contributed by atoms with E-state index < -0.39 is 11.7 Å². The van der Waals surface area contributed by atoms with Crippen molar-refractivity contribution in [3.05, 3.63) is 35.4 Å². The minimum atomic E-state index is -4.28. The van der Waals surface area contributed by atoms with E-state index in [0.29, 0.717) is 13.2 Å². The number of nitrogens with one attached hydrogen (secondary N) is 1. The van der Waals surface area contributed by atoms with Crippen LogP contribution in [0.2, 0.25) is 0 Å². The van der Waals surface area contributed by atoms with E-state index in [-0.39, 0.29) is 6.04 Å². The number of alkyl halides is 3. The third-order valence-corrected chi connectivity index (χ3v) is 3.27. The molecule has 0 fully saturated rings. The highest BCUT2D eigenvalue weighted by atomic mass is 19.4. The lowest BCUT2D eigenvalue weighted by atomic mass is 10.0. The standard InChI is InChI=1S/C16H24F3NO/c1-3-11-20-15(6-5-12-21-4-2)13-7-9-14(10-8-13)16(17,18)19/h7-10,15,20H,3-6,11-12H2,1-2H3. The SMILES string of the molecule is CCCNC(CCCOCC)c1ccc(C(F)(F)F)cc1. The van der Waals surface area contributed by atoms with E-state index >= 15 is 0 Å². The van der Waals surface area contributed by atoms with Gasteiger partial charge in [0.15, 0.2) is 0 Å². The molecule has 1 unspecified atom stereocenters. The van der Waals surface area contributed by atoms with Crippen LogP contribution in [0.15, 0.2) is 24.3 Å². The molecule has 0 bridgehead atoms. The van der Waals surface area contributed by atoms with E-state index in [0.717, 1.165) is 43.5 Å². The Morgan fingerprint density at radius 1 is 1.14 bits per heavy atom. The first-order valence-electron chi connectivity index (χ1n) is 7.47. The van der Waals surface area contributed by atoms with Crippen LogP contribution in [0.5, 0.6) is 0 Å². The molecule has 2 nitrogen and oxygen atoms in total. The maximum Gasteiger partial charge on any atom is 0.416 e. The number of benzene rings is 1. The Labute approximate surface area is 124 Å². The highest BCUT2D eigenvalue weighted by molar-refractivity contribution is 5.26. The molecule has 0 aromatic heterocycles. The van der Waals surface area contributed by atoms with Crippen molar-refractivity contribution < 1.29 is 17.9 Å². The molecule has 0 amide bonds. The number of hydrogen-bond acceptors (Lipinski definition) is 2. The number of ether oxygens (including phenoxy) is 1. The van der Waals surface area contributed by atoms with Crippen molar-refractivity contribution in [3.8, 4) is 0 Å². The van der Waals surface area contributed by atoms with Crippen LogP contribution in [-0.2, 0) is 10.9 Å². The summed E-state index contributed by atoms with van der Waals surface area (Å²) in [6, 6.07) is 5.51. The van der Waals surface area contributed by atoms with Gasteiger partial charge < -0.3 is 10.1 Å². The predicted molar refractivity (Wildman–Crippen MR) is 78.2 cm³/mol. The Hall–Kier alpha value is -1.07. The second kappa shape index (κ2) is 9.05. The van der Waals surface area contributed by atoms with Gasteiger partial charge in [-0.3, -0.25) is 0 Å². The Morgan fingerprint density at radius 2 is 1.81 bits per heavy atom. The summed E-state index contributed by atoms with van der Waals surface area (Å²) >= 11 is 0. The highest BCUT2D eigenvalue weighted by Crippen LogP contribution is 2.30. The number of rotatable bonds is 9. The molecule has 1 rings (SSSR count). The van der Waals surface area contributed by atoms with E-state index in [1.807, 2.05) is 6.92 Å². The third-order valence-electron chi connectivity index (χ3n) is 3.27. The Bertz CT molecular complexity index is 390. The molecule has 0 aliphatic heterocycles. The number of hydrogen-bond donors (Lipinski definition) is 1. The summed E-state index contributed by atoms with van der Waals surface area (Å²) in [4.78, 5) is 0. The van der Waals surface area contributed by atoms with Crippen molar-refractivity contribution in [1.82, 2.24) is 5.32 Å². The lowest BCUT2D eigenvalue weighted by molar-refractivity contribution is -0.137. The molecule has 1 atom stereocenters. The topological polar surface area (TPSA) is 21.3 Å². The average Bonchev–Trinajstić information content (AvgIpc) is 2.46. The van der Waals surface area contributed by atoms with Crippen molar-refractivity contribution in [2.24, 2.45) is 0 Å². The van der Waals surface area contributed by atoms with Crippen molar-refractivity contribution in [2.45, 2.75) is 45.3 Å². The number of halogens is 3. The monoisotopic (exact) mass is 303 g/mol. The van der Waals surface area contributed by atoms with Gasteiger partial charge in [0.2, 0.25) is 0 Å². The van der Waals surface area contributed by atoms with Gasteiger partial charge in [-0.1, -0.05) is 19.1 Å². The normalized spacial score (nSPS) is 13.4. The fourth-order valence-electron chi connectivity index (χ4n) is 2.14. The molecule has 1 aromatic carbocycles. The van der Waals surface area contributed by atoms with Crippen molar-refractivity contribution in [1.29, 1.82) is 0 Å². The minimum absolute atomic E-state index is 0.0766. The Kier molecular flexibility index (Phi) is 7.75. The zero-order valence-corrected chi connectivity index (χ0v) is 12.7. The molecule has 0 aliphatic rings. The summed E-state index contributed by atoms with van der Waals surface area (Å²) in [5.74, 6) is 0. The first-order chi connectivity index (χ1) is 9.99. The molecule has 1 N–H and O–H groups in total. The molecule has 21 heavy (non-hydrogen) atoms. The molecule has 0 saturated heterocycles. The fraction of sp³-hybridized carbons (Fsp3) is 0.625. The first-order valence-corrected chi connectivity index (χ1v) is 7.47. The quantitative estimate of drug-likeness (QED) is 0.675. The van der Waals surface area contributed by atoms with Crippen molar-refractivity contribution in [3.63, 3.8) is 0 Å². The molecule has 0 aliphatic carbocycles. The molecule has 1 aromatic rings. The summed E-state index contributed by atoms with van der Waals surface area (Å²) < 4.78 is 43.0. The van der Waals surface area contributed by atoms with Crippen LogP contribution < -0.4 is 5.32 Å². The van der Waals surface area contributed by atoms with Gasteiger partial charge in [-0.2, -0.15) is 13.2 Å². The van der Waals surface area contributed by atoms with E-state index in [4.69, 9.17) is 4.74 Å². The second-order valence-electron chi connectivity index (χ2n) is 4.97. The molecule has 5 heteroatoms. The molecular weight excluding hydrogens is 279 g/mol. The van der Waals surface area contributed by atoms with Crippen molar-refractivity contribution >= 4 is 0 Å². The van der Waals surface area contributed by atoms with Crippen LogP contribution in [0.1, 0.15) is 50.3 Å². The summed E-state index contributed by atoms with van der Waals surface area (Å²) in [5, 5.41) is 3.38. The lowest BCUT2D eigenvalue weighted by Gasteiger charge is -2.19. The lowest BCUT2D eigenvalue weighted by Crippen LogP contribution is -2.22. The molecular formula is C16H24F3NO. The van der Waals surface area contributed by atoms with Gasteiger partial charge in [0, 0.05) is 19.3 Å². The Balaban J connectivity index is 2.68. The van der Waals surface area contributed by atoms with Gasteiger partial charge in [0.05, 0.1) is 5.56 Å². The van der Waals surface area contributed by atoms with Crippen LogP contribution in [0.25, 0.3) is 0 Å². The second-order valence-corrected chi connectivity index (χ2v) is 4.97. The van der Waals surface area contributed by atoms with Gasteiger partial charge in [0.1, 0.15) is 0 Å². The summed E-state index contributed by atoms with van der Waals surface area (Å²) in [6.07, 6.45) is -1.55. The molecule has 0 spiro atoms. The fourth-order valence-corrected chi connectivity index (χ4v) is 2.14. The molecule has 120 valence electrons. The van der Waals surface area contributed by atoms with Gasteiger partial charge in [-0.15, -0.1) is 0 Å². The van der Waals surface area contributed by atoms with Crippen LogP contribution in [0, 0.1) is 0 Å². The summed E-state index contributed by atoms with van der Waals surface area (Å²) in [5.41, 5.74) is 0.294. The summed E-state index contributed by atoms with van der Waals surface area (Å²) in [7, 11) is 0. The van der Waals surface area contributed by atoms with Crippen LogP contribution in [-0.4, -0.2) is 19.8 Å². The zero-order chi connectivity index (χ0) is 15.7. The van der Waals surface area contributed by atoms with E-state index in [1.54, 1.807) is 12.1 Å². The average molecular weight is 303 g/mol. The summed E-state index contributed by atoms with van der Waals surface area (Å²) in [6.45, 7) is 6.23. The Morgan fingerprint density at radius 3 is 2.33 bits per heavy atom.